The number of nitrogens with one attached hydrogen (secondary N) is 2. The number of carboxylic acid groups (broad SMARTS) is 1. The van der Waals surface area contributed by atoms with Crippen LogP contribution >= 0.6 is 0 Å². The fourth-order valence-corrected chi connectivity index (χ4v) is 2.48. The van der Waals surface area contributed by atoms with E-state index in [2.05, 4.69) is 20.7 Å². The maximum Gasteiger partial charge on any atom is 0.305 e. The second-order valence-corrected chi connectivity index (χ2v) is 4.72. The van der Waals surface area contributed by atoms with Crippen molar-refractivity contribution >= 4 is 11.9 Å². The Kier molecular flexibility index (Phi) is 3.59. The van der Waals surface area contributed by atoms with Crippen LogP contribution in [0.15, 0.2) is 6.20 Å². The third kappa shape index (κ3) is 2.85. The first-order chi connectivity index (χ1) is 8.61. The van der Waals surface area contributed by atoms with Crippen molar-refractivity contribution in [3.8, 4) is 0 Å². The lowest BCUT2D eigenvalue weighted by molar-refractivity contribution is -0.139. The average Bonchev–Trinajstić information content (AvgIpc) is 2.82. The van der Waals surface area contributed by atoms with Crippen LogP contribution in [-0.4, -0.2) is 37.9 Å². The maximum atomic E-state index is 11.9. The summed E-state index contributed by atoms with van der Waals surface area (Å²) in [6.07, 6.45) is 5.63. The minimum atomic E-state index is -0.891. The molecule has 7 heteroatoms. The number of hydrogen-bond acceptors (Lipinski definition) is 4. The van der Waals surface area contributed by atoms with E-state index in [0.717, 1.165) is 19.3 Å². The summed E-state index contributed by atoms with van der Waals surface area (Å²) in [7, 11) is 0. The van der Waals surface area contributed by atoms with Gasteiger partial charge in [0.15, 0.2) is 5.69 Å². The molecule has 98 valence electrons. The van der Waals surface area contributed by atoms with Gasteiger partial charge in [0.1, 0.15) is 0 Å². The standard InChI is InChI=1S/C11H16N4O3/c16-9(17)6-11(4-2-1-3-5-11)13-10(18)8-7-12-15-14-8/h7H,1-6H2,(H,13,18)(H,16,17)(H,12,14,15). The van der Waals surface area contributed by atoms with Crippen molar-refractivity contribution in [3.63, 3.8) is 0 Å². The van der Waals surface area contributed by atoms with Gasteiger partial charge in [0.05, 0.1) is 18.2 Å². The molecule has 1 aromatic heterocycles. The first-order valence-electron chi connectivity index (χ1n) is 6.01. The van der Waals surface area contributed by atoms with E-state index in [1.165, 1.54) is 6.20 Å². The van der Waals surface area contributed by atoms with E-state index >= 15 is 0 Å². The van der Waals surface area contributed by atoms with E-state index in [1.807, 2.05) is 0 Å². The van der Waals surface area contributed by atoms with Crippen molar-refractivity contribution < 1.29 is 14.7 Å². The third-order valence-corrected chi connectivity index (χ3v) is 3.33. The van der Waals surface area contributed by atoms with Crippen molar-refractivity contribution in [2.75, 3.05) is 0 Å². The first kappa shape index (κ1) is 12.5. The molecule has 3 N–H and O–H groups in total. The largest absolute Gasteiger partial charge is 0.481 e. The van der Waals surface area contributed by atoms with Gasteiger partial charge in [-0.3, -0.25) is 9.59 Å². The molecule has 0 aromatic carbocycles. The lowest BCUT2D eigenvalue weighted by Crippen LogP contribution is -2.51. The number of aliphatic carboxylic acids is 1. The molecule has 1 aliphatic carbocycles. The number of carbonyl (C=O) groups is 2. The normalized spacial score (nSPS) is 18.2. The highest BCUT2D eigenvalue weighted by atomic mass is 16.4. The van der Waals surface area contributed by atoms with Crippen LogP contribution in [0.1, 0.15) is 49.0 Å². The molecule has 18 heavy (non-hydrogen) atoms. The first-order valence-corrected chi connectivity index (χ1v) is 6.01. The van der Waals surface area contributed by atoms with Crippen molar-refractivity contribution in [2.45, 2.75) is 44.1 Å². The van der Waals surface area contributed by atoms with Crippen LogP contribution < -0.4 is 5.32 Å². The van der Waals surface area contributed by atoms with Crippen molar-refractivity contribution in [1.82, 2.24) is 20.7 Å². The SMILES string of the molecule is O=C(O)CC1(NC(=O)c2cn[nH]n2)CCCCC1. The summed E-state index contributed by atoms with van der Waals surface area (Å²) >= 11 is 0. The smallest absolute Gasteiger partial charge is 0.305 e. The molecule has 0 saturated heterocycles. The minimum Gasteiger partial charge on any atom is -0.481 e. The highest BCUT2D eigenvalue weighted by Crippen LogP contribution is 2.31. The molecular formula is C11H16N4O3. The van der Waals surface area contributed by atoms with Gasteiger partial charge in [-0.1, -0.05) is 19.3 Å². The van der Waals surface area contributed by atoms with Gasteiger partial charge in [0.2, 0.25) is 0 Å². The Balaban J connectivity index is 2.09. The number of rotatable bonds is 4. The molecule has 0 bridgehead atoms. The van der Waals surface area contributed by atoms with Gasteiger partial charge in [0, 0.05) is 0 Å². The van der Waals surface area contributed by atoms with Crippen LogP contribution in [0.4, 0.5) is 0 Å². The van der Waals surface area contributed by atoms with E-state index in [4.69, 9.17) is 5.11 Å². The summed E-state index contributed by atoms with van der Waals surface area (Å²) in [5.41, 5.74) is -0.453. The molecule has 1 heterocycles. The second-order valence-electron chi connectivity index (χ2n) is 4.72. The Morgan fingerprint density at radius 2 is 2.11 bits per heavy atom. The van der Waals surface area contributed by atoms with E-state index in [0.29, 0.717) is 12.8 Å². The molecule has 7 nitrogen and oxygen atoms in total. The number of H-pyrrole nitrogens is 1. The quantitative estimate of drug-likeness (QED) is 0.731. The van der Waals surface area contributed by atoms with Gasteiger partial charge in [-0.25, -0.2) is 0 Å². The van der Waals surface area contributed by atoms with Crippen LogP contribution in [-0.2, 0) is 4.79 Å². The van der Waals surface area contributed by atoms with Gasteiger partial charge in [-0.2, -0.15) is 15.4 Å². The van der Waals surface area contributed by atoms with Crippen LogP contribution in [0.3, 0.4) is 0 Å². The van der Waals surface area contributed by atoms with Gasteiger partial charge in [0.25, 0.3) is 5.91 Å². The average molecular weight is 252 g/mol. The summed E-state index contributed by atoms with van der Waals surface area (Å²) < 4.78 is 0. The maximum absolute atomic E-state index is 11.9. The molecule has 0 radical (unpaired) electrons. The zero-order valence-electron chi connectivity index (χ0n) is 9.98. The van der Waals surface area contributed by atoms with Gasteiger partial charge < -0.3 is 10.4 Å². The monoisotopic (exact) mass is 252 g/mol. The third-order valence-electron chi connectivity index (χ3n) is 3.33. The number of hydrogen-bond donors (Lipinski definition) is 3. The summed E-state index contributed by atoms with van der Waals surface area (Å²) in [6, 6.07) is 0. The molecule has 1 aromatic rings. The topological polar surface area (TPSA) is 108 Å². The Morgan fingerprint density at radius 1 is 1.39 bits per heavy atom. The van der Waals surface area contributed by atoms with Crippen molar-refractivity contribution in [3.05, 3.63) is 11.9 Å². The highest BCUT2D eigenvalue weighted by molar-refractivity contribution is 5.92. The van der Waals surface area contributed by atoms with Crippen LogP contribution in [0.25, 0.3) is 0 Å². The molecule has 1 amide bonds. The van der Waals surface area contributed by atoms with Gasteiger partial charge in [-0.15, -0.1) is 0 Å². The lowest BCUT2D eigenvalue weighted by Gasteiger charge is -2.36. The molecule has 0 unspecified atom stereocenters. The number of amides is 1. The zero-order chi connectivity index (χ0) is 13.0. The number of carbonyl (C=O) groups excluding carboxylic acids is 1. The molecule has 0 aliphatic heterocycles. The van der Waals surface area contributed by atoms with E-state index < -0.39 is 11.5 Å². The molecule has 2 rings (SSSR count). The fourth-order valence-electron chi connectivity index (χ4n) is 2.48. The summed E-state index contributed by atoms with van der Waals surface area (Å²) in [6.45, 7) is 0. The van der Waals surface area contributed by atoms with Crippen LogP contribution in [0.2, 0.25) is 0 Å². The summed E-state index contributed by atoms with van der Waals surface area (Å²) in [5.74, 6) is -1.26. The van der Waals surface area contributed by atoms with Crippen molar-refractivity contribution in [2.24, 2.45) is 0 Å². The zero-order valence-corrected chi connectivity index (χ0v) is 9.98. The summed E-state index contributed by atoms with van der Waals surface area (Å²) in [4.78, 5) is 22.9. The van der Waals surface area contributed by atoms with E-state index in [9.17, 15) is 9.59 Å². The Labute approximate surface area is 104 Å². The van der Waals surface area contributed by atoms with Crippen molar-refractivity contribution in [1.29, 1.82) is 0 Å². The van der Waals surface area contributed by atoms with Gasteiger partial charge in [-0.05, 0) is 12.8 Å². The molecule has 1 fully saturated rings. The molecular weight excluding hydrogens is 236 g/mol. The molecule has 1 saturated carbocycles. The Bertz CT molecular complexity index is 424. The number of aromatic nitrogens is 3. The van der Waals surface area contributed by atoms with Gasteiger partial charge >= 0.3 is 5.97 Å². The second kappa shape index (κ2) is 5.16. The van der Waals surface area contributed by atoms with Crippen LogP contribution in [0.5, 0.6) is 0 Å². The molecule has 0 atom stereocenters. The predicted octanol–water partition coefficient (Wildman–Crippen LogP) is 0.712. The Hall–Kier alpha value is -1.92. The predicted molar refractivity (Wildman–Crippen MR) is 61.9 cm³/mol. The fraction of sp³-hybridized carbons (Fsp3) is 0.636. The molecule has 0 spiro atoms. The Morgan fingerprint density at radius 3 is 2.67 bits per heavy atom. The summed E-state index contributed by atoms with van der Waals surface area (Å²) in [5, 5.41) is 21.4. The van der Waals surface area contributed by atoms with Crippen LogP contribution in [0, 0.1) is 0 Å². The number of aromatic amines is 1. The minimum absolute atomic E-state index is 0.0450. The molecule has 1 aliphatic rings. The van der Waals surface area contributed by atoms with E-state index in [1.54, 1.807) is 0 Å². The number of nitrogens with zero attached hydrogens (tertiary/aromatic N) is 2. The lowest BCUT2D eigenvalue weighted by atomic mass is 9.79. The number of carboxylic acids is 1. The highest BCUT2D eigenvalue weighted by Gasteiger charge is 2.36. The van der Waals surface area contributed by atoms with E-state index in [-0.39, 0.29) is 18.0 Å².